The van der Waals surface area contributed by atoms with E-state index in [0.29, 0.717) is 34.6 Å². The number of rotatable bonds is 5. The largest absolute Gasteiger partial charge is 0.457 e. The maximum Gasteiger partial charge on any atom is 0.339 e. The maximum atomic E-state index is 13.0. The molecule has 2 aliphatic rings. The molecule has 0 radical (unpaired) electrons. The fourth-order valence-corrected chi connectivity index (χ4v) is 5.80. The Hall–Kier alpha value is -2.74. The van der Waals surface area contributed by atoms with Gasteiger partial charge in [0.2, 0.25) is 0 Å². The summed E-state index contributed by atoms with van der Waals surface area (Å²) in [7, 11) is -3.06. The van der Waals surface area contributed by atoms with Crippen LogP contribution in [0.15, 0.2) is 36.4 Å². The summed E-state index contributed by atoms with van der Waals surface area (Å²) >= 11 is 0. The molecule has 3 heterocycles. The van der Waals surface area contributed by atoms with Crippen molar-refractivity contribution in [1.82, 2.24) is 14.8 Å². The average Bonchev–Trinajstić information content (AvgIpc) is 3.45. The molecule has 1 aliphatic heterocycles. The lowest BCUT2D eigenvalue weighted by Gasteiger charge is -2.12. The molecule has 0 bridgehead atoms. The summed E-state index contributed by atoms with van der Waals surface area (Å²) in [5, 5.41) is 5.26. The molecule has 2 aromatic heterocycles. The van der Waals surface area contributed by atoms with E-state index in [2.05, 4.69) is 5.10 Å². The van der Waals surface area contributed by atoms with Crippen LogP contribution in [0.2, 0.25) is 0 Å². The highest BCUT2D eigenvalue weighted by Crippen LogP contribution is 2.41. The van der Waals surface area contributed by atoms with Crippen LogP contribution in [0.3, 0.4) is 0 Å². The minimum absolute atomic E-state index is 0.0618. The van der Waals surface area contributed by atoms with Gasteiger partial charge in [0.25, 0.3) is 0 Å². The zero-order valence-corrected chi connectivity index (χ0v) is 17.6. The number of fused-ring (bicyclic) bond motifs is 1. The van der Waals surface area contributed by atoms with Gasteiger partial charge in [0.1, 0.15) is 6.61 Å². The highest BCUT2D eigenvalue weighted by atomic mass is 32.2. The van der Waals surface area contributed by atoms with Gasteiger partial charge in [0.15, 0.2) is 15.5 Å². The third kappa shape index (κ3) is 3.60. The van der Waals surface area contributed by atoms with Crippen molar-refractivity contribution in [3.8, 4) is 0 Å². The van der Waals surface area contributed by atoms with Crippen LogP contribution in [0.1, 0.15) is 58.5 Å². The molecule has 2 fully saturated rings. The number of esters is 1. The topological polar surface area (TPSA) is 91.1 Å². The van der Waals surface area contributed by atoms with Crippen LogP contribution in [0.4, 0.5) is 0 Å². The molecule has 8 heteroatoms. The van der Waals surface area contributed by atoms with Gasteiger partial charge < -0.3 is 4.74 Å². The number of ether oxygens (including phenoxy) is 1. The first kappa shape index (κ1) is 19.2. The maximum absolute atomic E-state index is 13.0. The summed E-state index contributed by atoms with van der Waals surface area (Å²) in [5.74, 6) is 0.152. The van der Waals surface area contributed by atoms with Gasteiger partial charge in [-0.05, 0) is 37.8 Å². The standard InChI is InChI=1S/C22H23N3O4S/c1-14-20-18(22(26)29-12-15-5-3-2-4-6-15)11-19(16-7-8-16)23-21(20)25(24-14)17-9-10-30(27,28)13-17/h2-6,11,16-17H,7-10,12-13H2,1H3. The third-order valence-electron chi connectivity index (χ3n) is 5.84. The molecule has 5 rings (SSSR count). The lowest BCUT2D eigenvalue weighted by atomic mass is 10.1. The summed E-state index contributed by atoms with van der Waals surface area (Å²) < 4.78 is 31.3. The van der Waals surface area contributed by atoms with Gasteiger partial charge in [0, 0.05) is 11.6 Å². The predicted molar refractivity (Wildman–Crippen MR) is 112 cm³/mol. The molecule has 1 aromatic carbocycles. The molecule has 156 valence electrons. The number of hydrogen-bond donors (Lipinski definition) is 0. The molecule has 1 saturated heterocycles. The second kappa shape index (κ2) is 7.19. The van der Waals surface area contributed by atoms with E-state index in [9.17, 15) is 13.2 Å². The summed E-state index contributed by atoms with van der Waals surface area (Å²) in [4.78, 5) is 17.8. The zero-order chi connectivity index (χ0) is 20.9. The monoisotopic (exact) mass is 425 g/mol. The summed E-state index contributed by atoms with van der Waals surface area (Å²) in [6.45, 7) is 2.02. The van der Waals surface area contributed by atoms with E-state index in [4.69, 9.17) is 9.72 Å². The lowest BCUT2D eigenvalue weighted by molar-refractivity contribution is 0.0475. The lowest BCUT2D eigenvalue weighted by Crippen LogP contribution is -2.14. The number of aromatic nitrogens is 3. The molecule has 1 aliphatic carbocycles. The van der Waals surface area contributed by atoms with Gasteiger partial charge in [0.05, 0.1) is 34.2 Å². The van der Waals surface area contributed by atoms with Crippen LogP contribution >= 0.6 is 0 Å². The molecule has 0 amide bonds. The fraction of sp³-hybridized carbons (Fsp3) is 0.409. The van der Waals surface area contributed by atoms with Crippen molar-refractivity contribution >= 4 is 26.8 Å². The minimum atomic E-state index is -3.06. The predicted octanol–water partition coefficient (Wildman–Crippen LogP) is 3.33. The summed E-state index contributed by atoms with van der Waals surface area (Å²) in [6, 6.07) is 11.1. The van der Waals surface area contributed by atoms with Crippen LogP contribution in [-0.2, 0) is 21.2 Å². The van der Waals surface area contributed by atoms with Gasteiger partial charge in [-0.15, -0.1) is 0 Å². The average molecular weight is 426 g/mol. The van der Waals surface area contributed by atoms with Gasteiger partial charge in [-0.25, -0.2) is 22.9 Å². The number of aryl methyl sites for hydroxylation is 1. The number of benzene rings is 1. The molecule has 30 heavy (non-hydrogen) atoms. The smallest absolute Gasteiger partial charge is 0.339 e. The highest BCUT2D eigenvalue weighted by Gasteiger charge is 2.34. The van der Waals surface area contributed by atoms with Crippen molar-refractivity contribution < 1.29 is 17.9 Å². The van der Waals surface area contributed by atoms with Crippen molar-refractivity contribution in [1.29, 1.82) is 0 Å². The Morgan fingerprint density at radius 2 is 1.97 bits per heavy atom. The quantitative estimate of drug-likeness (QED) is 0.583. The molecule has 3 aromatic rings. The Labute approximate surface area is 175 Å². The SMILES string of the molecule is Cc1nn(C2CCS(=O)(=O)C2)c2nc(C3CC3)cc(C(=O)OCc3ccccc3)c12. The molecule has 0 N–H and O–H groups in total. The number of hydrogen-bond acceptors (Lipinski definition) is 6. The van der Waals surface area contributed by atoms with E-state index in [1.165, 1.54) is 0 Å². The first-order valence-electron chi connectivity index (χ1n) is 10.2. The minimum Gasteiger partial charge on any atom is -0.457 e. The van der Waals surface area contributed by atoms with E-state index in [-0.39, 0.29) is 24.2 Å². The summed E-state index contributed by atoms with van der Waals surface area (Å²) in [5.41, 5.74) is 3.49. The Kier molecular flexibility index (Phi) is 4.61. The van der Waals surface area contributed by atoms with E-state index in [1.54, 1.807) is 4.68 Å². The first-order chi connectivity index (χ1) is 14.4. The van der Waals surface area contributed by atoms with Crippen molar-refractivity contribution in [2.75, 3.05) is 11.5 Å². The number of sulfone groups is 1. The molecule has 1 saturated carbocycles. The molecule has 1 unspecified atom stereocenters. The van der Waals surface area contributed by atoms with Crippen molar-refractivity contribution in [2.24, 2.45) is 0 Å². The first-order valence-corrected chi connectivity index (χ1v) is 12.0. The molecule has 7 nitrogen and oxygen atoms in total. The second-order valence-electron chi connectivity index (χ2n) is 8.22. The second-order valence-corrected chi connectivity index (χ2v) is 10.4. The summed E-state index contributed by atoms with van der Waals surface area (Å²) in [6.07, 6.45) is 2.60. The Balaban J connectivity index is 1.55. The van der Waals surface area contributed by atoms with Crippen LogP contribution in [-0.4, -0.2) is 40.7 Å². The Morgan fingerprint density at radius 1 is 1.20 bits per heavy atom. The number of carbonyl (C=O) groups is 1. The molecular weight excluding hydrogens is 402 g/mol. The fourth-order valence-electron chi connectivity index (χ4n) is 4.11. The van der Waals surface area contributed by atoms with Crippen LogP contribution < -0.4 is 0 Å². The number of nitrogens with zero attached hydrogens (tertiary/aromatic N) is 3. The van der Waals surface area contributed by atoms with E-state index in [1.807, 2.05) is 43.3 Å². The number of carbonyl (C=O) groups excluding carboxylic acids is 1. The Bertz CT molecular complexity index is 1230. The van der Waals surface area contributed by atoms with Gasteiger partial charge in [-0.2, -0.15) is 5.10 Å². The number of pyridine rings is 1. The van der Waals surface area contributed by atoms with Crippen LogP contribution in [0.5, 0.6) is 0 Å². The van der Waals surface area contributed by atoms with Crippen molar-refractivity contribution in [3.63, 3.8) is 0 Å². The molecule has 1 atom stereocenters. The van der Waals surface area contributed by atoms with E-state index >= 15 is 0 Å². The van der Waals surface area contributed by atoms with E-state index in [0.717, 1.165) is 24.1 Å². The van der Waals surface area contributed by atoms with Crippen molar-refractivity contribution in [2.45, 2.75) is 44.8 Å². The van der Waals surface area contributed by atoms with Crippen LogP contribution in [0.25, 0.3) is 11.0 Å². The zero-order valence-electron chi connectivity index (χ0n) is 16.7. The van der Waals surface area contributed by atoms with Crippen LogP contribution in [0, 0.1) is 6.92 Å². The van der Waals surface area contributed by atoms with Gasteiger partial charge in [-0.1, -0.05) is 30.3 Å². The third-order valence-corrected chi connectivity index (χ3v) is 7.59. The highest BCUT2D eigenvalue weighted by molar-refractivity contribution is 7.91. The van der Waals surface area contributed by atoms with E-state index < -0.39 is 15.8 Å². The van der Waals surface area contributed by atoms with Crippen molar-refractivity contribution in [3.05, 3.63) is 58.9 Å². The molecular formula is C22H23N3O4S. The molecule has 0 spiro atoms. The van der Waals surface area contributed by atoms with Gasteiger partial charge in [-0.3, -0.25) is 0 Å². The Morgan fingerprint density at radius 3 is 2.63 bits per heavy atom. The van der Waals surface area contributed by atoms with Gasteiger partial charge >= 0.3 is 5.97 Å². The normalized spacial score (nSPS) is 20.5.